The summed E-state index contributed by atoms with van der Waals surface area (Å²) in [6, 6.07) is 14.4. The maximum absolute atomic E-state index is 13.6. The van der Waals surface area contributed by atoms with Crippen LogP contribution < -0.4 is 0 Å². The number of rotatable bonds is 2. The highest BCUT2D eigenvalue weighted by Gasteiger charge is 2.05. The van der Waals surface area contributed by atoms with Crippen molar-refractivity contribution in [3.63, 3.8) is 0 Å². The molecule has 74 valence electrons. The Morgan fingerprint density at radius 3 is 2.13 bits per heavy atom. The van der Waals surface area contributed by atoms with Crippen molar-refractivity contribution in [3.05, 3.63) is 66.5 Å². The van der Waals surface area contributed by atoms with Gasteiger partial charge in [-0.25, -0.2) is 4.39 Å². The third-order valence-corrected chi connectivity index (χ3v) is 2.34. The summed E-state index contributed by atoms with van der Waals surface area (Å²) in [6.45, 7) is 3.72. The first-order chi connectivity index (χ1) is 7.33. The van der Waals surface area contributed by atoms with Crippen molar-refractivity contribution in [3.8, 4) is 11.1 Å². The molecule has 0 aliphatic heterocycles. The molecule has 0 saturated carbocycles. The molecule has 0 fully saturated rings. The van der Waals surface area contributed by atoms with Crippen molar-refractivity contribution in [2.45, 2.75) is 0 Å². The summed E-state index contributed by atoms with van der Waals surface area (Å²) in [5.74, 6) is -0.202. The molecule has 0 amide bonds. The van der Waals surface area contributed by atoms with E-state index in [2.05, 4.69) is 6.58 Å². The van der Waals surface area contributed by atoms with Gasteiger partial charge in [-0.1, -0.05) is 55.1 Å². The van der Waals surface area contributed by atoms with Gasteiger partial charge in [-0.15, -0.1) is 0 Å². The summed E-state index contributed by atoms with van der Waals surface area (Å²) in [7, 11) is 0. The molecule has 15 heavy (non-hydrogen) atoms. The smallest absolute Gasteiger partial charge is 0.131 e. The van der Waals surface area contributed by atoms with E-state index >= 15 is 0 Å². The van der Waals surface area contributed by atoms with Crippen LogP contribution in [-0.2, 0) is 0 Å². The highest BCUT2D eigenvalue weighted by atomic mass is 19.1. The van der Waals surface area contributed by atoms with Gasteiger partial charge in [0.25, 0.3) is 0 Å². The van der Waals surface area contributed by atoms with Gasteiger partial charge in [0.05, 0.1) is 0 Å². The van der Waals surface area contributed by atoms with E-state index < -0.39 is 0 Å². The van der Waals surface area contributed by atoms with Crippen LogP contribution in [0.4, 0.5) is 4.39 Å². The second-order valence-electron chi connectivity index (χ2n) is 3.27. The SMILES string of the molecule is C=Cc1ccccc1-c1ccccc1F. The Labute approximate surface area is 88.7 Å². The Hall–Kier alpha value is -1.89. The number of hydrogen-bond donors (Lipinski definition) is 0. The summed E-state index contributed by atoms with van der Waals surface area (Å²) >= 11 is 0. The maximum atomic E-state index is 13.6. The Kier molecular flexibility index (Phi) is 2.64. The predicted octanol–water partition coefficient (Wildman–Crippen LogP) is 4.14. The lowest BCUT2D eigenvalue weighted by Crippen LogP contribution is -1.86. The number of hydrogen-bond acceptors (Lipinski definition) is 0. The molecular formula is C14H11F. The molecular weight excluding hydrogens is 187 g/mol. The van der Waals surface area contributed by atoms with E-state index in [4.69, 9.17) is 0 Å². The molecule has 2 aromatic rings. The Bertz CT molecular complexity index is 486. The summed E-state index contributed by atoms with van der Waals surface area (Å²) in [4.78, 5) is 0. The molecule has 0 heterocycles. The Morgan fingerprint density at radius 2 is 1.47 bits per heavy atom. The second-order valence-corrected chi connectivity index (χ2v) is 3.27. The van der Waals surface area contributed by atoms with Crippen molar-refractivity contribution in [1.82, 2.24) is 0 Å². The molecule has 0 aliphatic carbocycles. The van der Waals surface area contributed by atoms with Gasteiger partial charge in [-0.05, 0) is 17.2 Å². The van der Waals surface area contributed by atoms with Crippen LogP contribution in [0.5, 0.6) is 0 Å². The summed E-state index contributed by atoms with van der Waals surface area (Å²) in [5, 5.41) is 0. The van der Waals surface area contributed by atoms with Crippen molar-refractivity contribution >= 4 is 6.08 Å². The molecule has 0 nitrogen and oxygen atoms in total. The molecule has 0 N–H and O–H groups in total. The van der Waals surface area contributed by atoms with E-state index in [0.29, 0.717) is 5.56 Å². The van der Waals surface area contributed by atoms with Crippen molar-refractivity contribution in [2.75, 3.05) is 0 Å². The average molecular weight is 198 g/mol. The van der Waals surface area contributed by atoms with Crippen LogP contribution >= 0.6 is 0 Å². The fourth-order valence-electron chi connectivity index (χ4n) is 1.60. The fourth-order valence-corrected chi connectivity index (χ4v) is 1.60. The van der Waals surface area contributed by atoms with Gasteiger partial charge in [-0.3, -0.25) is 0 Å². The van der Waals surface area contributed by atoms with Crippen LogP contribution in [0.25, 0.3) is 17.2 Å². The molecule has 0 bridgehead atoms. The first kappa shape index (κ1) is 9.66. The van der Waals surface area contributed by atoms with Crippen molar-refractivity contribution < 1.29 is 4.39 Å². The van der Waals surface area contributed by atoms with Crippen LogP contribution in [-0.4, -0.2) is 0 Å². The molecule has 0 spiro atoms. The van der Waals surface area contributed by atoms with Gasteiger partial charge in [0.15, 0.2) is 0 Å². The molecule has 2 aromatic carbocycles. The standard InChI is InChI=1S/C14H11F/c1-2-11-7-3-4-8-12(11)13-9-5-6-10-14(13)15/h2-10H,1H2. The lowest BCUT2D eigenvalue weighted by molar-refractivity contribution is 0.631. The van der Waals surface area contributed by atoms with Crippen LogP contribution in [0.1, 0.15) is 5.56 Å². The normalized spacial score (nSPS) is 9.93. The quantitative estimate of drug-likeness (QED) is 0.680. The average Bonchev–Trinajstić information content (AvgIpc) is 2.30. The van der Waals surface area contributed by atoms with Gasteiger partial charge >= 0.3 is 0 Å². The van der Waals surface area contributed by atoms with Gasteiger partial charge in [-0.2, -0.15) is 0 Å². The second kappa shape index (κ2) is 4.09. The minimum Gasteiger partial charge on any atom is -0.206 e. The largest absolute Gasteiger partial charge is 0.206 e. The zero-order valence-electron chi connectivity index (χ0n) is 8.28. The predicted molar refractivity (Wildman–Crippen MR) is 61.9 cm³/mol. The molecule has 0 saturated heterocycles. The summed E-state index contributed by atoms with van der Waals surface area (Å²) in [6.07, 6.45) is 1.74. The van der Waals surface area contributed by atoms with Crippen molar-refractivity contribution in [1.29, 1.82) is 0 Å². The monoisotopic (exact) mass is 198 g/mol. The minimum absolute atomic E-state index is 0.202. The number of benzene rings is 2. The van der Waals surface area contributed by atoms with Crippen LogP contribution in [0.2, 0.25) is 0 Å². The van der Waals surface area contributed by atoms with E-state index in [9.17, 15) is 4.39 Å². The number of halogens is 1. The lowest BCUT2D eigenvalue weighted by atomic mass is 9.99. The highest BCUT2D eigenvalue weighted by molar-refractivity contribution is 5.74. The van der Waals surface area contributed by atoms with E-state index in [1.54, 1.807) is 18.2 Å². The molecule has 0 aromatic heterocycles. The maximum Gasteiger partial charge on any atom is 0.131 e. The van der Waals surface area contributed by atoms with Gasteiger partial charge in [0, 0.05) is 5.56 Å². The molecule has 2 rings (SSSR count). The Balaban J connectivity index is 2.64. The van der Waals surface area contributed by atoms with E-state index in [-0.39, 0.29) is 5.82 Å². The zero-order valence-corrected chi connectivity index (χ0v) is 8.28. The first-order valence-corrected chi connectivity index (χ1v) is 4.79. The zero-order chi connectivity index (χ0) is 10.7. The molecule has 0 aliphatic rings. The molecule has 0 unspecified atom stereocenters. The highest BCUT2D eigenvalue weighted by Crippen LogP contribution is 2.26. The fraction of sp³-hybridized carbons (Fsp3) is 0. The van der Waals surface area contributed by atoms with Crippen LogP contribution in [0.15, 0.2) is 55.1 Å². The minimum atomic E-state index is -0.202. The first-order valence-electron chi connectivity index (χ1n) is 4.79. The van der Waals surface area contributed by atoms with Gasteiger partial charge in [0.1, 0.15) is 5.82 Å². The summed E-state index contributed by atoms with van der Waals surface area (Å²) in [5.41, 5.74) is 2.45. The molecule has 0 atom stereocenters. The summed E-state index contributed by atoms with van der Waals surface area (Å²) < 4.78 is 13.6. The van der Waals surface area contributed by atoms with E-state index in [1.165, 1.54) is 6.07 Å². The third kappa shape index (κ3) is 1.82. The molecule has 0 radical (unpaired) electrons. The third-order valence-electron chi connectivity index (χ3n) is 2.34. The van der Waals surface area contributed by atoms with Crippen molar-refractivity contribution in [2.24, 2.45) is 0 Å². The van der Waals surface area contributed by atoms with Gasteiger partial charge < -0.3 is 0 Å². The topological polar surface area (TPSA) is 0 Å². The van der Waals surface area contributed by atoms with E-state index in [1.807, 2.05) is 30.3 Å². The molecule has 1 heteroatoms. The Morgan fingerprint density at radius 1 is 0.867 bits per heavy atom. The van der Waals surface area contributed by atoms with Crippen LogP contribution in [0.3, 0.4) is 0 Å². The lowest BCUT2D eigenvalue weighted by Gasteiger charge is -2.06. The van der Waals surface area contributed by atoms with Gasteiger partial charge in [0.2, 0.25) is 0 Å². The van der Waals surface area contributed by atoms with E-state index in [0.717, 1.165) is 11.1 Å². The van der Waals surface area contributed by atoms with Crippen LogP contribution in [0, 0.1) is 5.82 Å².